The monoisotopic (exact) mass is 261 g/mol. The molecule has 1 N–H and O–H groups in total. The Labute approximate surface area is 115 Å². The van der Waals surface area contributed by atoms with Gasteiger partial charge < -0.3 is 5.32 Å². The Balaban J connectivity index is 2.94. The number of hydrogen-bond acceptors (Lipinski definition) is 2. The second-order valence-corrected chi connectivity index (χ2v) is 4.80. The molecule has 0 fully saturated rings. The first-order chi connectivity index (χ1) is 9.13. The van der Waals surface area contributed by atoms with E-state index >= 15 is 0 Å². The fourth-order valence-electron chi connectivity index (χ4n) is 2.30. The molecule has 0 bridgehead atoms. The summed E-state index contributed by atoms with van der Waals surface area (Å²) in [7, 11) is 1.59. The second-order valence-electron chi connectivity index (χ2n) is 4.80. The number of carbonyl (C=O) groups excluding carboxylic acids is 2. The normalized spacial score (nSPS) is 10.5. The molecule has 3 heteroatoms. The van der Waals surface area contributed by atoms with Gasteiger partial charge in [0.1, 0.15) is 0 Å². The van der Waals surface area contributed by atoms with E-state index in [0.29, 0.717) is 11.1 Å². The van der Waals surface area contributed by atoms with Crippen molar-refractivity contribution < 1.29 is 9.59 Å². The van der Waals surface area contributed by atoms with Gasteiger partial charge in [-0.3, -0.25) is 9.59 Å². The Kier molecular flexibility index (Phi) is 6.26. The summed E-state index contributed by atoms with van der Waals surface area (Å²) in [4.78, 5) is 24.0. The average Bonchev–Trinajstić information content (AvgIpc) is 2.45. The molecule has 1 aromatic rings. The third-order valence-corrected chi connectivity index (χ3v) is 3.28. The van der Waals surface area contributed by atoms with Gasteiger partial charge in [-0.2, -0.15) is 0 Å². The second kappa shape index (κ2) is 7.72. The summed E-state index contributed by atoms with van der Waals surface area (Å²) in [6.07, 6.45) is 3.84. The number of amides is 1. The molecule has 0 unspecified atom stereocenters. The van der Waals surface area contributed by atoms with Crippen molar-refractivity contribution in [3.8, 4) is 0 Å². The molecule has 0 aliphatic carbocycles. The lowest BCUT2D eigenvalue weighted by Crippen LogP contribution is -2.19. The fourth-order valence-corrected chi connectivity index (χ4v) is 2.30. The SMILES string of the molecule is CCCC(CCC)C(=O)c1cccc(C(=O)NC)c1. The maximum absolute atomic E-state index is 12.5. The van der Waals surface area contributed by atoms with Crippen LogP contribution < -0.4 is 5.32 Å². The molecule has 0 saturated heterocycles. The summed E-state index contributed by atoms with van der Waals surface area (Å²) in [5.74, 6) is 0.0848. The predicted octanol–water partition coefficient (Wildman–Crippen LogP) is 3.45. The van der Waals surface area contributed by atoms with Crippen LogP contribution in [0, 0.1) is 5.92 Å². The molecule has 0 aliphatic rings. The third kappa shape index (κ3) is 4.19. The van der Waals surface area contributed by atoms with E-state index in [1.54, 1.807) is 31.3 Å². The molecule has 1 aromatic carbocycles. The van der Waals surface area contributed by atoms with Gasteiger partial charge in [-0.05, 0) is 25.0 Å². The molecule has 19 heavy (non-hydrogen) atoms. The number of benzene rings is 1. The summed E-state index contributed by atoms with van der Waals surface area (Å²) in [6, 6.07) is 6.99. The van der Waals surface area contributed by atoms with Crippen molar-refractivity contribution in [2.45, 2.75) is 39.5 Å². The molecule has 1 amide bonds. The van der Waals surface area contributed by atoms with Gasteiger partial charge in [-0.1, -0.05) is 38.8 Å². The van der Waals surface area contributed by atoms with Crippen molar-refractivity contribution >= 4 is 11.7 Å². The number of Topliss-reactive ketones (excluding diaryl/α,β-unsaturated/α-hetero) is 1. The fraction of sp³-hybridized carbons (Fsp3) is 0.500. The lowest BCUT2D eigenvalue weighted by atomic mass is 9.89. The van der Waals surface area contributed by atoms with Crippen molar-refractivity contribution in [3.63, 3.8) is 0 Å². The van der Waals surface area contributed by atoms with E-state index in [1.807, 2.05) is 0 Å². The van der Waals surface area contributed by atoms with Crippen LogP contribution in [0.4, 0.5) is 0 Å². The Hall–Kier alpha value is -1.64. The number of carbonyl (C=O) groups is 2. The number of rotatable bonds is 7. The largest absolute Gasteiger partial charge is 0.355 e. The molecule has 3 nitrogen and oxygen atoms in total. The van der Waals surface area contributed by atoms with E-state index in [4.69, 9.17) is 0 Å². The molecule has 0 radical (unpaired) electrons. The van der Waals surface area contributed by atoms with Crippen LogP contribution in [0.2, 0.25) is 0 Å². The Morgan fingerprint density at radius 1 is 1.11 bits per heavy atom. The van der Waals surface area contributed by atoms with Crippen molar-refractivity contribution in [1.82, 2.24) is 5.32 Å². The van der Waals surface area contributed by atoms with E-state index in [0.717, 1.165) is 25.7 Å². The molecular formula is C16H23NO2. The van der Waals surface area contributed by atoms with Crippen molar-refractivity contribution in [2.24, 2.45) is 5.92 Å². The van der Waals surface area contributed by atoms with E-state index in [9.17, 15) is 9.59 Å². The quantitative estimate of drug-likeness (QED) is 0.764. The summed E-state index contributed by atoms with van der Waals surface area (Å²) in [6.45, 7) is 4.19. The highest BCUT2D eigenvalue weighted by atomic mass is 16.1. The molecule has 0 heterocycles. The first kappa shape index (κ1) is 15.4. The van der Waals surface area contributed by atoms with Gasteiger partial charge in [-0.15, -0.1) is 0 Å². The van der Waals surface area contributed by atoms with Crippen LogP contribution in [0.5, 0.6) is 0 Å². The minimum atomic E-state index is -0.155. The van der Waals surface area contributed by atoms with Crippen molar-refractivity contribution in [1.29, 1.82) is 0 Å². The minimum absolute atomic E-state index is 0.0786. The van der Waals surface area contributed by atoms with Crippen LogP contribution in [0.3, 0.4) is 0 Å². The number of nitrogens with one attached hydrogen (secondary N) is 1. The van der Waals surface area contributed by atoms with Gasteiger partial charge in [0.25, 0.3) is 5.91 Å². The van der Waals surface area contributed by atoms with E-state index in [2.05, 4.69) is 19.2 Å². The van der Waals surface area contributed by atoms with E-state index in [1.165, 1.54) is 0 Å². The lowest BCUT2D eigenvalue weighted by Gasteiger charge is -2.14. The Morgan fingerprint density at radius 3 is 2.21 bits per heavy atom. The first-order valence-electron chi connectivity index (χ1n) is 7.00. The smallest absolute Gasteiger partial charge is 0.251 e. The topological polar surface area (TPSA) is 46.2 Å². The summed E-state index contributed by atoms with van der Waals surface area (Å²) in [5.41, 5.74) is 1.19. The van der Waals surface area contributed by atoms with Gasteiger partial charge in [0, 0.05) is 24.1 Å². The number of hydrogen-bond donors (Lipinski definition) is 1. The highest BCUT2D eigenvalue weighted by molar-refractivity contribution is 6.01. The van der Waals surface area contributed by atoms with Crippen LogP contribution in [0.25, 0.3) is 0 Å². The Morgan fingerprint density at radius 2 is 1.68 bits per heavy atom. The van der Waals surface area contributed by atoms with E-state index in [-0.39, 0.29) is 17.6 Å². The molecule has 1 rings (SSSR count). The minimum Gasteiger partial charge on any atom is -0.355 e. The molecular weight excluding hydrogens is 238 g/mol. The van der Waals surface area contributed by atoms with Crippen LogP contribution in [0.15, 0.2) is 24.3 Å². The zero-order valence-electron chi connectivity index (χ0n) is 12.0. The van der Waals surface area contributed by atoms with Crippen LogP contribution in [-0.4, -0.2) is 18.7 Å². The van der Waals surface area contributed by atoms with Gasteiger partial charge in [0.15, 0.2) is 5.78 Å². The zero-order chi connectivity index (χ0) is 14.3. The summed E-state index contributed by atoms with van der Waals surface area (Å²) >= 11 is 0. The van der Waals surface area contributed by atoms with Gasteiger partial charge >= 0.3 is 0 Å². The highest BCUT2D eigenvalue weighted by Crippen LogP contribution is 2.20. The standard InChI is InChI=1S/C16H23NO2/c1-4-7-12(8-5-2)15(18)13-9-6-10-14(11-13)16(19)17-3/h6,9-12H,4-5,7-8H2,1-3H3,(H,17,19). The summed E-state index contributed by atoms with van der Waals surface area (Å²) < 4.78 is 0. The van der Waals surface area contributed by atoms with Crippen LogP contribution in [0.1, 0.15) is 60.2 Å². The molecule has 0 atom stereocenters. The molecule has 0 aliphatic heterocycles. The highest BCUT2D eigenvalue weighted by Gasteiger charge is 2.19. The van der Waals surface area contributed by atoms with Crippen LogP contribution >= 0.6 is 0 Å². The third-order valence-electron chi connectivity index (χ3n) is 3.28. The summed E-state index contributed by atoms with van der Waals surface area (Å²) in [5, 5.41) is 2.58. The van der Waals surface area contributed by atoms with Gasteiger partial charge in [-0.25, -0.2) is 0 Å². The molecule has 104 valence electrons. The van der Waals surface area contributed by atoms with Crippen molar-refractivity contribution in [2.75, 3.05) is 7.05 Å². The average molecular weight is 261 g/mol. The zero-order valence-corrected chi connectivity index (χ0v) is 12.0. The van der Waals surface area contributed by atoms with Gasteiger partial charge in [0.05, 0.1) is 0 Å². The maximum Gasteiger partial charge on any atom is 0.251 e. The van der Waals surface area contributed by atoms with E-state index < -0.39 is 0 Å². The first-order valence-corrected chi connectivity index (χ1v) is 7.00. The van der Waals surface area contributed by atoms with Crippen LogP contribution in [-0.2, 0) is 0 Å². The van der Waals surface area contributed by atoms with Crippen molar-refractivity contribution in [3.05, 3.63) is 35.4 Å². The molecule has 0 saturated carbocycles. The molecule has 0 aromatic heterocycles. The number of ketones is 1. The lowest BCUT2D eigenvalue weighted by molar-refractivity contribution is 0.0905. The maximum atomic E-state index is 12.5. The predicted molar refractivity (Wildman–Crippen MR) is 77.5 cm³/mol. The van der Waals surface area contributed by atoms with Gasteiger partial charge in [0.2, 0.25) is 0 Å². The Bertz CT molecular complexity index is 434. The molecule has 0 spiro atoms.